The van der Waals surface area contributed by atoms with Crippen molar-refractivity contribution >= 4 is 23.2 Å². The maximum atomic E-state index is 11.9. The fraction of sp³-hybridized carbons (Fsp3) is 0.400. The second kappa shape index (κ2) is 6.88. The molecule has 0 saturated carbocycles. The Morgan fingerprint density at radius 1 is 1.24 bits per heavy atom. The fourth-order valence-corrected chi connectivity index (χ4v) is 1.64. The van der Waals surface area contributed by atoms with Crippen molar-refractivity contribution in [2.45, 2.75) is 39.7 Å². The van der Waals surface area contributed by atoms with Crippen molar-refractivity contribution in [3.63, 3.8) is 0 Å². The molecule has 0 radical (unpaired) electrons. The summed E-state index contributed by atoms with van der Waals surface area (Å²) >= 11 is 0. The highest BCUT2D eigenvalue weighted by Crippen LogP contribution is 2.09. The summed E-state index contributed by atoms with van der Waals surface area (Å²) in [4.78, 5) is 23.6. The van der Waals surface area contributed by atoms with Gasteiger partial charge in [-0.15, -0.1) is 0 Å². The van der Waals surface area contributed by atoms with Gasteiger partial charge in [-0.3, -0.25) is 9.59 Å². The third-order valence-electron chi connectivity index (χ3n) is 2.48. The number of amides is 2. The lowest BCUT2D eigenvalue weighted by Crippen LogP contribution is -2.41. The highest BCUT2D eigenvalue weighted by molar-refractivity contribution is 6.02. The molecule has 4 N–H and O–H groups in total. The van der Waals surface area contributed by atoms with Gasteiger partial charge in [0.2, 0.25) is 5.91 Å². The molecule has 6 heteroatoms. The lowest BCUT2D eigenvalue weighted by molar-refractivity contribution is -0.121. The number of nitrogens with zero attached hydrogens (tertiary/aromatic N) is 1. The molecule has 0 heterocycles. The summed E-state index contributed by atoms with van der Waals surface area (Å²) < 4.78 is 0. The van der Waals surface area contributed by atoms with Crippen molar-refractivity contribution in [2.24, 2.45) is 5.10 Å². The van der Waals surface area contributed by atoms with Crippen LogP contribution in [0, 0.1) is 0 Å². The Labute approximate surface area is 124 Å². The van der Waals surface area contributed by atoms with E-state index in [-0.39, 0.29) is 17.9 Å². The highest BCUT2D eigenvalue weighted by Gasteiger charge is 2.14. The fourth-order valence-electron chi connectivity index (χ4n) is 1.64. The number of rotatable bonds is 4. The number of carbonyl (C=O) groups is 2. The van der Waals surface area contributed by atoms with Crippen LogP contribution < -0.4 is 16.5 Å². The molecule has 0 saturated heterocycles. The normalized spacial score (nSPS) is 11.9. The average Bonchev–Trinajstić information content (AvgIpc) is 2.34. The summed E-state index contributed by atoms with van der Waals surface area (Å²) in [6.45, 7) is 7.38. The third-order valence-corrected chi connectivity index (χ3v) is 2.48. The van der Waals surface area contributed by atoms with Crippen LogP contribution >= 0.6 is 0 Å². The Morgan fingerprint density at radius 3 is 2.43 bits per heavy atom. The largest absolute Gasteiger partial charge is 0.398 e. The third kappa shape index (κ3) is 6.07. The van der Waals surface area contributed by atoms with Gasteiger partial charge in [0.05, 0.1) is 12.0 Å². The molecule has 1 rings (SSSR count). The number of benzene rings is 1. The van der Waals surface area contributed by atoms with Crippen LogP contribution in [0.15, 0.2) is 29.4 Å². The van der Waals surface area contributed by atoms with Gasteiger partial charge >= 0.3 is 0 Å². The van der Waals surface area contributed by atoms with Gasteiger partial charge in [0, 0.05) is 16.9 Å². The molecule has 6 nitrogen and oxygen atoms in total. The molecule has 0 aliphatic carbocycles. The van der Waals surface area contributed by atoms with Gasteiger partial charge in [-0.05, 0) is 39.8 Å². The molecular formula is C15H22N4O2. The van der Waals surface area contributed by atoms with Crippen molar-refractivity contribution in [3.05, 3.63) is 29.8 Å². The van der Waals surface area contributed by atoms with Crippen LogP contribution in [-0.4, -0.2) is 23.1 Å². The van der Waals surface area contributed by atoms with Crippen LogP contribution in [-0.2, 0) is 4.79 Å². The molecule has 0 aromatic heterocycles. The number of para-hydroxylation sites is 1. The first kappa shape index (κ1) is 16.7. The van der Waals surface area contributed by atoms with Crippen molar-refractivity contribution in [1.29, 1.82) is 0 Å². The van der Waals surface area contributed by atoms with Gasteiger partial charge in [-0.25, -0.2) is 5.43 Å². The van der Waals surface area contributed by atoms with E-state index < -0.39 is 5.91 Å². The minimum absolute atomic E-state index is 0.127. The number of hydrazone groups is 1. The predicted octanol–water partition coefficient (Wildman–Crippen LogP) is 1.68. The molecular weight excluding hydrogens is 268 g/mol. The van der Waals surface area contributed by atoms with Gasteiger partial charge in [0.15, 0.2) is 0 Å². The van der Waals surface area contributed by atoms with Crippen molar-refractivity contribution < 1.29 is 9.59 Å². The Kier molecular flexibility index (Phi) is 5.46. The molecule has 0 aliphatic heterocycles. The SMILES string of the molecule is C/C(CC(=O)NC(C)(C)C)=N/NC(=O)c1ccccc1N. The summed E-state index contributed by atoms with van der Waals surface area (Å²) in [6.07, 6.45) is 0.127. The van der Waals surface area contributed by atoms with Gasteiger partial charge < -0.3 is 11.1 Å². The van der Waals surface area contributed by atoms with E-state index in [9.17, 15) is 9.59 Å². The summed E-state index contributed by atoms with van der Waals surface area (Å²) in [5.74, 6) is -0.541. The molecule has 0 aliphatic rings. The smallest absolute Gasteiger partial charge is 0.273 e. The van der Waals surface area contributed by atoms with E-state index in [4.69, 9.17) is 5.73 Å². The summed E-state index contributed by atoms with van der Waals surface area (Å²) in [5, 5.41) is 6.74. The van der Waals surface area contributed by atoms with Crippen molar-refractivity contribution in [2.75, 3.05) is 5.73 Å². The van der Waals surface area contributed by atoms with Gasteiger partial charge in [-0.1, -0.05) is 12.1 Å². The standard InChI is InChI=1S/C15H22N4O2/c1-10(9-13(20)17-15(2,3)4)18-19-14(21)11-7-5-6-8-12(11)16/h5-8H,9,16H2,1-4H3,(H,17,20)(H,19,21)/b18-10-. The number of nitrogen functional groups attached to an aromatic ring is 1. The van der Waals surface area contributed by atoms with Crippen molar-refractivity contribution in [3.8, 4) is 0 Å². The average molecular weight is 290 g/mol. The van der Waals surface area contributed by atoms with Crippen LogP contribution in [0.2, 0.25) is 0 Å². The number of hydrogen-bond donors (Lipinski definition) is 3. The first-order valence-corrected chi connectivity index (χ1v) is 6.68. The number of nitrogens with one attached hydrogen (secondary N) is 2. The molecule has 0 unspecified atom stereocenters. The van der Waals surface area contributed by atoms with E-state index in [0.29, 0.717) is 17.0 Å². The number of anilines is 1. The summed E-state index contributed by atoms with van der Waals surface area (Å²) in [7, 11) is 0. The molecule has 0 bridgehead atoms. The van der Waals surface area contributed by atoms with Gasteiger partial charge in [-0.2, -0.15) is 5.10 Å². The molecule has 1 aromatic rings. The molecule has 0 fully saturated rings. The first-order valence-electron chi connectivity index (χ1n) is 6.68. The maximum Gasteiger partial charge on any atom is 0.273 e. The lowest BCUT2D eigenvalue weighted by Gasteiger charge is -2.20. The molecule has 2 amide bonds. The molecule has 1 aromatic carbocycles. The maximum absolute atomic E-state index is 11.9. The van der Waals surface area contributed by atoms with E-state index in [2.05, 4.69) is 15.8 Å². The quantitative estimate of drug-likeness (QED) is 0.447. The minimum Gasteiger partial charge on any atom is -0.398 e. The minimum atomic E-state index is -0.399. The van der Waals surface area contributed by atoms with Crippen LogP contribution in [0.3, 0.4) is 0 Å². The highest BCUT2D eigenvalue weighted by atomic mass is 16.2. The van der Waals surface area contributed by atoms with Crippen LogP contribution in [0.25, 0.3) is 0 Å². The second-order valence-electron chi connectivity index (χ2n) is 5.85. The van der Waals surface area contributed by atoms with E-state index in [1.54, 1.807) is 31.2 Å². The van der Waals surface area contributed by atoms with Gasteiger partial charge in [0.25, 0.3) is 5.91 Å². The second-order valence-corrected chi connectivity index (χ2v) is 5.85. The number of nitrogens with two attached hydrogens (primary N) is 1. The zero-order valence-corrected chi connectivity index (χ0v) is 12.9. The van der Waals surface area contributed by atoms with Crippen LogP contribution in [0.1, 0.15) is 44.5 Å². The zero-order valence-electron chi connectivity index (χ0n) is 12.9. The Hall–Kier alpha value is -2.37. The molecule has 0 spiro atoms. The Bertz CT molecular complexity index is 559. The zero-order chi connectivity index (χ0) is 16.0. The first-order chi connectivity index (χ1) is 9.69. The van der Waals surface area contributed by atoms with Crippen LogP contribution in [0.5, 0.6) is 0 Å². The number of carbonyl (C=O) groups excluding carboxylic acids is 2. The Morgan fingerprint density at radius 2 is 1.86 bits per heavy atom. The molecule has 21 heavy (non-hydrogen) atoms. The van der Waals surface area contributed by atoms with E-state index in [0.717, 1.165) is 0 Å². The monoisotopic (exact) mass is 290 g/mol. The molecule has 0 atom stereocenters. The van der Waals surface area contributed by atoms with Crippen molar-refractivity contribution in [1.82, 2.24) is 10.7 Å². The van der Waals surface area contributed by atoms with E-state index >= 15 is 0 Å². The van der Waals surface area contributed by atoms with Crippen LogP contribution in [0.4, 0.5) is 5.69 Å². The number of hydrogen-bond acceptors (Lipinski definition) is 4. The Balaban J connectivity index is 2.58. The summed E-state index contributed by atoms with van der Waals surface area (Å²) in [6, 6.07) is 6.72. The lowest BCUT2D eigenvalue weighted by atomic mass is 10.1. The van der Waals surface area contributed by atoms with E-state index in [1.807, 2.05) is 20.8 Å². The predicted molar refractivity (Wildman–Crippen MR) is 83.9 cm³/mol. The topological polar surface area (TPSA) is 96.6 Å². The summed E-state index contributed by atoms with van der Waals surface area (Å²) in [5.41, 5.74) is 9.06. The molecule has 114 valence electrons. The van der Waals surface area contributed by atoms with Gasteiger partial charge in [0.1, 0.15) is 0 Å². The van der Waals surface area contributed by atoms with E-state index in [1.165, 1.54) is 0 Å².